The summed E-state index contributed by atoms with van der Waals surface area (Å²) in [5, 5.41) is 18.5. The van der Waals surface area contributed by atoms with Crippen LogP contribution in [0.2, 0.25) is 0 Å². The number of thiocarbonyl (C=S) groups is 2. The van der Waals surface area contributed by atoms with Gasteiger partial charge < -0.3 is 21.3 Å². The fourth-order valence-corrected chi connectivity index (χ4v) is 1.26. The van der Waals surface area contributed by atoms with Gasteiger partial charge in [0.15, 0.2) is 0 Å². The van der Waals surface area contributed by atoms with Crippen molar-refractivity contribution in [2.75, 3.05) is 6.54 Å². The van der Waals surface area contributed by atoms with Crippen LogP contribution in [-0.2, 0) is 18.0 Å². The first kappa shape index (κ1) is 30.2. The standard InChI is InChI=1S/C9H19NOS.C4H10.CH3NOS.Mo.S/c1-3-5-6-8(4-2)7-10-9(11)12;1-3-4-2;2-1(3)4;;/h8H,3-7H2,1-2H3,(H2,10,11,12);3-4H2,1-2H3;(H3,2,3,4);;. The Morgan fingerprint density at radius 1 is 1.05 bits per heavy atom. The Labute approximate surface area is 162 Å². The number of aliphatic hydroxyl groups is 2. The minimum absolute atomic E-state index is 0.0788. The molecule has 0 bridgehead atoms. The Morgan fingerprint density at radius 2 is 1.45 bits per heavy atom. The van der Waals surface area contributed by atoms with Gasteiger partial charge in [-0.1, -0.05) is 59.8 Å². The number of aliphatic hydroxyl groups excluding tert-OH is 2. The molecule has 0 aromatic heterocycles. The van der Waals surface area contributed by atoms with Crippen LogP contribution in [-0.4, -0.2) is 27.1 Å². The van der Waals surface area contributed by atoms with Crippen LogP contribution >= 0.6 is 34.3 Å². The maximum absolute atomic E-state index is 8.74. The summed E-state index contributed by atoms with van der Waals surface area (Å²) in [5.74, 6) is 0.648. The van der Waals surface area contributed by atoms with E-state index >= 15 is 0 Å². The summed E-state index contributed by atoms with van der Waals surface area (Å²) in [4.78, 5) is 0. The zero-order valence-corrected chi connectivity index (χ0v) is 18.6. The Bertz CT molecular complexity index is 242. The first-order chi connectivity index (χ1) is 10.3. The van der Waals surface area contributed by atoms with Crippen LogP contribution < -0.4 is 11.1 Å². The van der Waals surface area contributed by atoms with Gasteiger partial charge in [0.1, 0.15) is 0 Å². The second-order valence-corrected chi connectivity index (χ2v) is 5.25. The van der Waals surface area contributed by atoms with Gasteiger partial charge in [0.05, 0.1) is 0 Å². The summed E-state index contributed by atoms with van der Waals surface area (Å²) in [6.07, 6.45) is 7.51. The molecule has 0 aliphatic rings. The number of hydrogen-bond acceptors (Lipinski definition) is 3. The van der Waals surface area contributed by atoms with Gasteiger partial charge in [-0.15, -0.1) is 0 Å². The normalized spacial score (nSPS) is 9.45. The van der Waals surface area contributed by atoms with Gasteiger partial charge in [-0.3, -0.25) is 0 Å². The van der Waals surface area contributed by atoms with Gasteiger partial charge in [0.25, 0.3) is 10.3 Å². The van der Waals surface area contributed by atoms with Crippen LogP contribution in [0.1, 0.15) is 66.2 Å². The molecule has 0 spiro atoms. The number of rotatable bonds is 7. The quantitative estimate of drug-likeness (QED) is 0.324. The van der Waals surface area contributed by atoms with Crippen LogP contribution in [0.15, 0.2) is 0 Å². The molecule has 0 aromatic rings. The van der Waals surface area contributed by atoms with Crippen LogP contribution in [0, 0.1) is 5.92 Å². The molecule has 0 aliphatic carbocycles. The Hall–Kier alpha value is 0.288. The van der Waals surface area contributed by atoms with Crippen molar-refractivity contribution in [2.24, 2.45) is 11.7 Å². The van der Waals surface area contributed by atoms with Gasteiger partial charge in [0.2, 0.25) is 0 Å². The van der Waals surface area contributed by atoms with Crippen molar-refractivity contribution < 1.29 is 28.2 Å². The third kappa shape index (κ3) is 50.0. The summed E-state index contributed by atoms with van der Waals surface area (Å²) in [6, 6.07) is 0. The van der Waals surface area contributed by atoms with Crippen molar-refractivity contribution in [3.8, 4) is 0 Å². The van der Waals surface area contributed by atoms with E-state index in [1.54, 1.807) is 0 Å². The van der Waals surface area contributed by atoms with Gasteiger partial charge in [-0.05, 0) is 36.8 Å². The van der Waals surface area contributed by atoms with Gasteiger partial charge >= 0.3 is 27.8 Å². The molecule has 0 radical (unpaired) electrons. The van der Waals surface area contributed by atoms with E-state index in [-0.39, 0.29) is 5.17 Å². The summed E-state index contributed by atoms with van der Waals surface area (Å²) < 4.78 is 0. The molecule has 134 valence electrons. The average molecular weight is 453 g/mol. The second-order valence-electron chi connectivity index (χ2n) is 4.44. The van der Waals surface area contributed by atoms with E-state index in [9.17, 15) is 0 Å². The molecule has 0 aromatic carbocycles. The third-order valence-electron chi connectivity index (χ3n) is 2.59. The molecule has 5 N–H and O–H groups in total. The summed E-state index contributed by atoms with van der Waals surface area (Å²) in [6.45, 7) is 9.53. The van der Waals surface area contributed by atoms with E-state index in [1.807, 2.05) is 0 Å². The van der Waals surface area contributed by atoms with E-state index < -0.39 is 5.17 Å². The summed E-state index contributed by atoms with van der Waals surface area (Å²) in [7, 11) is 4.09. The summed E-state index contributed by atoms with van der Waals surface area (Å²) >= 11 is 9.92. The van der Waals surface area contributed by atoms with Crippen LogP contribution in [0.25, 0.3) is 0 Å². The van der Waals surface area contributed by atoms with Crippen LogP contribution in [0.4, 0.5) is 0 Å². The molecule has 1 atom stereocenters. The zero-order chi connectivity index (χ0) is 18.4. The monoisotopic (exact) mass is 454 g/mol. The Morgan fingerprint density at radius 3 is 1.68 bits per heavy atom. The predicted molar refractivity (Wildman–Crippen MR) is 104 cm³/mol. The first-order valence-electron chi connectivity index (χ1n) is 7.47. The third-order valence-corrected chi connectivity index (χ3v) is 2.73. The molecule has 1 unspecified atom stereocenters. The van der Waals surface area contributed by atoms with Crippen molar-refractivity contribution in [3.05, 3.63) is 0 Å². The fraction of sp³-hybridized carbons (Fsp3) is 0.857. The number of unbranched alkanes of at least 4 members (excludes halogenated alkanes) is 2. The van der Waals surface area contributed by atoms with Crippen molar-refractivity contribution >= 4 is 44.6 Å². The molecule has 22 heavy (non-hydrogen) atoms. The van der Waals surface area contributed by atoms with Crippen LogP contribution in [0.3, 0.4) is 0 Å². The molecular weight excluding hydrogens is 420 g/mol. The second kappa shape index (κ2) is 29.3. The van der Waals surface area contributed by atoms with E-state index in [2.05, 4.69) is 73.0 Å². The fourth-order valence-electron chi connectivity index (χ4n) is 1.17. The van der Waals surface area contributed by atoms with Gasteiger partial charge in [0, 0.05) is 6.54 Å². The molecule has 0 amide bonds. The van der Waals surface area contributed by atoms with Gasteiger partial charge in [-0.2, -0.15) is 0 Å². The SMILES string of the molecule is CCCC.CCCCC(CC)CNC(O)=S.NC(O)=S.[S]=[Mo]. The Balaban J connectivity index is -0.000000133. The molecule has 0 aliphatic heterocycles. The van der Waals surface area contributed by atoms with Crippen molar-refractivity contribution in [3.63, 3.8) is 0 Å². The first-order valence-corrected chi connectivity index (χ1v) is 11.1. The van der Waals surface area contributed by atoms with Crippen LogP contribution in [0.5, 0.6) is 0 Å². The van der Waals surface area contributed by atoms with Crippen molar-refractivity contribution in [1.82, 2.24) is 5.32 Å². The van der Waals surface area contributed by atoms with E-state index in [0.29, 0.717) is 5.92 Å². The average Bonchev–Trinajstić information content (AvgIpc) is 2.49. The number of nitrogens with two attached hydrogens (primary N) is 1. The predicted octanol–water partition coefficient (Wildman–Crippen LogP) is 4.88. The molecule has 8 heteroatoms. The van der Waals surface area contributed by atoms with Gasteiger partial charge in [-0.25, -0.2) is 0 Å². The molecule has 0 rings (SSSR count). The molecule has 4 nitrogen and oxygen atoms in total. The number of hydrogen-bond donors (Lipinski definition) is 4. The van der Waals surface area contributed by atoms with Crippen molar-refractivity contribution in [2.45, 2.75) is 66.2 Å². The summed E-state index contributed by atoms with van der Waals surface area (Å²) in [5.41, 5.74) is 4.40. The maximum atomic E-state index is 8.74. The van der Waals surface area contributed by atoms with E-state index in [4.69, 9.17) is 10.2 Å². The van der Waals surface area contributed by atoms with E-state index in [1.165, 1.54) is 50.1 Å². The minimum atomic E-state index is -0.500. The topological polar surface area (TPSA) is 78.5 Å². The van der Waals surface area contributed by atoms with E-state index in [0.717, 1.165) is 13.0 Å². The number of nitrogens with one attached hydrogen (secondary N) is 1. The molecular formula is C14H32MoN2O2S3. The van der Waals surface area contributed by atoms with Crippen molar-refractivity contribution in [1.29, 1.82) is 0 Å². The molecule has 0 saturated heterocycles. The molecule has 0 saturated carbocycles. The molecule has 0 fully saturated rings. The molecule has 0 heterocycles. The Kier molecular flexibility index (Phi) is 40.2. The zero-order valence-electron chi connectivity index (χ0n) is 14.1.